The van der Waals surface area contributed by atoms with Crippen molar-refractivity contribution in [1.29, 1.82) is 0 Å². The number of unbranched alkanes of at least 4 members (excludes halogenated alkanes) is 3. The standard InChI is InChI=1S/C13H19ClN2O4S/c1-2-3-4-5-6-16-11-8-10(14)12(21(15,19)20)7-9(11)13(17)18/h7-8,16H,2-6H2,1H3,(H,17,18)(H2,15,19,20). The van der Waals surface area contributed by atoms with Crippen LogP contribution in [0, 0.1) is 0 Å². The van der Waals surface area contributed by atoms with Gasteiger partial charge in [-0.2, -0.15) is 0 Å². The lowest BCUT2D eigenvalue weighted by Gasteiger charge is -2.12. The number of hydrogen-bond donors (Lipinski definition) is 3. The highest BCUT2D eigenvalue weighted by atomic mass is 35.5. The molecule has 0 fully saturated rings. The lowest BCUT2D eigenvalue weighted by Crippen LogP contribution is -2.15. The maximum Gasteiger partial charge on any atom is 0.337 e. The molecule has 118 valence electrons. The quantitative estimate of drug-likeness (QED) is 0.633. The van der Waals surface area contributed by atoms with Crippen LogP contribution >= 0.6 is 11.6 Å². The molecule has 0 aliphatic heterocycles. The Morgan fingerprint density at radius 2 is 2.00 bits per heavy atom. The molecule has 0 atom stereocenters. The zero-order chi connectivity index (χ0) is 16.0. The Morgan fingerprint density at radius 3 is 2.52 bits per heavy atom. The smallest absolute Gasteiger partial charge is 0.337 e. The molecule has 0 bridgehead atoms. The van der Waals surface area contributed by atoms with Crippen molar-refractivity contribution in [2.24, 2.45) is 5.14 Å². The van der Waals surface area contributed by atoms with E-state index >= 15 is 0 Å². The van der Waals surface area contributed by atoms with Gasteiger partial charge in [0.2, 0.25) is 10.0 Å². The minimum Gasteiger partial charge on any atom is -0.478 e. The Bertz CT molecular complexity index is 617. The largest absolute Gasteiger partial charge is 0.478 e. The van der Waals surface area contributed by atoms with Crippen LogP contribution in [0.4, 0.5) is 5.69 Å². The first-order valence-electron chi connectivity index (χ1n) is 6.61. The maximum atomic E-state index is 11.4. The molecule has 0 amide bonds. The predicted molar refractivity (Wildman–Crippen MR) is 82.4 cm³/mol. The molecule has 0 aromatic heterocycles. The normalized spacial score (nSPS) is 11.4. The molecular formula is C13H19ClN2O4S. The van der Waals surface area contributed by atoms with Gasteiger partial charge in [0.15, 0.2) is 0 Å². The van der Waals surface area contributed by atoms with Gasteiger partial charge in [0.1, 0.15) is 4.90 Å². The number of anilines is 1. The summed E-state index contributed by atoms with van der Waals surface area (Å²) in [5.41, 5.74) is 0.121. The predicted octanol–water partition coefficient (Wildman–Crippen LogP) is 2.68. The third-order valence-corrected chi connectivity index (χ3v) is 4.33. The Balaban J connectivity index is 2.99. The number of halogens is 1. The second-order valence-electron chi connectivity index (χ2n) is 4.67. The SMILES string of the molecule is CCCCCCNc1cc(Cl)c(S(N)(=O)=O)cc1C(=O)O. The van der Waals surface area contributed by atoms with Crippen molar-refractivity contribution >= 4 is 33.3 Å². The second-order valence-corrected chi connectivity index (χ2v) is 6.60. The topological polar surface area (TPSA) is 109 Å². The second kappa shape index (κ2) is 7.63. The number of carbonyl (C=O) groups is 1. The van der Waals surface area contributed by atoms with E-state index in [1.807, 2.05) is 0 Å². The van der Waals surface area contributed by atoms with Gasteiger partial charge in [-0.05, 0) is 18.6 Å². The highest BCUT2D eigenvalue weighted by molar-refractivity contribution is 7.89. The third-order valence-electron chi connectivity index (χ3n) is 2.95. The molecule has 1 aromatic rings. The van der Waals surface area contributed by atoms with Crippen LogP contribution < -0.4 is 10.5 Å². The summed E-state index contributed by atoms with van der Waals surface area (Å²) < 4.78 is 22.7. The first-order valence-corrected chi connectivity index (χ1v) is 8.53. The van der Waals surface area contributed by atoms with Gasteiger partial charge < -0.3 is 10.4 Å². The molecule has 0 aliphatic rings. The molecule has 0 spiro atoms. The van der Waals surface area contributed by atoms with E-state index in [9.17, 15) is 13.2 Å². The molecule has 0 unspecified atom stereocenters. The van der Waals surface area contributed by atoms with Gasteiger partial charge in [-0.3, -0.25) is 0 Å². The number of benzene rings is 1. The molecule has 6 nitrogen and oxygen atoms in total. The van der Waals surface area contributed by atoms with Crippen molar-refractivity contribution in [1.82, 2.24) is 0 Å². The Hall–Kier alpha value is -1.31. The Morgan fingerprint density at radius 1 is 1.33 bits per heavy atom. The molecule has 0 saturated carbocycles. The summed E-state index contributed by atoms with van der Waals surface area (Å²) in [7, 11) is -4.06. The summed E-state index contributed by atoms with van der Waals surface area (Å²) in [4.78, 5) is 10.8. The molecule has 0 heterocycles. The van der Waals surface area contributed by atoms with Gasteiger partial charge in [0.05, 0.1) is 16.3 Å². The first kappa shape index (κ1) is 17.7. The lowest BCUT2D eigenvalue weighted by molar-refractivity contribution is 0.0697. The van der Waals surface area contributed by atoms with Gasteiger partial charge in [-0.25, -0.2) is 18.4 Å². The fraction of sp³-hybridized carbons (Fsp3) is 0.462. The van der Waals surface area contributed by atoms with Crippen LogP contribution in [-0.4, -0.2) is 26.0 Å². The highest BCUT2D eigenvalue weighted by Gasteiger charge is 2.19. The van der Waals surface area contributed by atoms with Crippen molar-refractivity contribution in [2.45, 2.75) is 37.5 Å². The third kappa shape index (κ3) is 5.18. The average molecular weight is 335 g/mol. The number of nitrogens with one attached hydrogen (secondary N) is 1. The maximum absolute atomic E-state index is 11.4. The number of carboxylic acid groups (broad SMARTS) is 1. The van der Waals surface area contributed by atoms with Crippen LogP contribution in [0.2, 0.25) is 5.02 Å². The van der Waals surface area contributed by atoms with E-state index in [1.165, 1.54) is 6.07 Å². The Labute approximate surface area is 129 Å². The zero-order valence-corrected chi connectivity index (χ0v) is 13.3. The minimum atomic E-state index is -4.06. The number of aromatic carboxylic acids is 1. The average Bonchev–Trinajstić information content (AvgIpc) is 2.36. The van der Waals surface area contributed by atoms with Crippen LogP contribution in [0.5, 0.6) is 0 Å². The first-order chi connectivity index (χ1) is 9.77. The molecule has 21 heavy (non-hydrogen) atoms. The summed E-state index contributed by atoms with van der Waals surface area (Å²) in [5.74, 6) is -1.24. The van der Waals surface area contributed by atoms with Crippen molar-refractivity contribution in [3.8, 4) is 0 Å². The highest BCUT2D eigenvalue weighted by Crippen LogP contribution is 2.28. The van der Waals surface area contributed by atoms with Gasteiger partial charge in [0, 0.05) is 6.54 Å². The lowest BCUT2D eigenvalue weighted by atomic mass is 10.1. The van der Waals surface area contributed by atoms with Crippen molar-refractivity contribution in [3.63, 3.8) is 0 Å². The number of primary sulfonamides is 1. The Kier molecular flexibility index (Phi) is 6.44. The van der Waals surface area contributed by atoms with E-state index in [4.69, 9.17) is 21.8 Å². The van der Waals surface area contributed by atoms with Gasteiger partial charge in [-0.15, -0.1) is 0 Å². The molecular weight excluding hydrogens is 316 g/mol. The summed E-state index contributed by atoms with van der Waals surface area (Å²) in [5, 5.41) is 17.0. The van der Waals surface area contributed by atoms with E-state index in [0.717, 1.165) is 31.7 Å². The van der Waals surface area contributed by atoms with Crippen LogP contribution in [0.1, 0.15) is 43.0 Å². The van der Waals surface area contributed by atoms with E-state index in [-0.39, 0.29) is 16.3 Å². The summed E-state index contributed by atoms with van der Waals surface area (Å²) in [6, 6.07) is 2.26. The van der Waals surface area contributed by atoms with Crippen molar-refractivity contribution < 1.29 is 18.3 Å². The zero-order valence-electron chi connectivity index (χ0n) is 11.7. The molecule has 1 aromatic carbocycles. The molecule has 1 rings (SSSR count). The summed E-state index contributed by atoms with van der Waals surface area (Å²) in [6.45, 7) is 2.69. The van der Waals surface area contributed by atoms with Crippen LogP contribution in [0.15, 0.2) is 17.0 Å². The van der Waals surface area contributed by atoms with Gasteiger partial charge in [0.25, 0.3) is 0 Å². The number of sulfonamides is 1. The van der Waals surface area contributed by atoms with Gasteiger partial charge in [-0.1, -0.05) is 37.8 Å². The minimum absolute atomic E-state index is 0.0986. The van der Waals surface area contributed by atoms with Crippen LogP contribution in [0.25, 0.3) is 0 Å². The number of hydrogen-bond acceptors (Lipinski definition) is 4. The fourth-order valence-electron chi connectivity index (χ4n) is 1.87. The van der Waals surface area contributed by atoms with E-state index in [1.54, 1.807) is 0 Å². The van der Waals surface area contributed by atoms with Crippen molar-refractivity contribution in [2.75, 3.05) is 11.9 Å². The van der Waals surface area contributed by atoms with Crippen LogP contribution in [-0.2, 0) is 10.0 Å². The van der Waals surface area contributed by atoms with E-state index in [0.29, 0.717) is 6.54 Å². The molecule has 0 aliphatic carbocycles. The summed E-state index contributed by atoms with van der Waals surface area (Å²) in [6.07, 6.45) is 4.14. The van der Waals surface area contributed by atoms with Crippen molar-refractivity contribution in [3.05, 3.63) is 22.7 Å². The number of carboxylic acids is 1. The fourth-order valence-corrected chi connectivity index (χ4v) is 2.97. The van der Waals surface area contributed by atoms with Crippen LogP contribution in [0.3, 0.4) is 0 Å². The molecule has 0 radical (unpaired) electrons. The van der Waals surface area contributed by atoms with Gasteiger partial charge >= 0.3 is 5.97 Å². The summed E-state index contributed by atoms with van der Waals surface area (Å²) >= 11 is 5.86. The van der Waals surface area contributed by atoms with E-state index in [2.05, 4.69) is 12.2 Å². The number of nitrogens with two attached hydrogens (primary N) is 1. The molecule has 4 N–H and O–H groups in total. The molecule has 0 saturated heterocycles. The monoisotopic (exact) mass is 334 g/mol. The number of rotatable bonds is 8. The van der Waals surface area contributed by atoms with E-state index < -0.39 is 20.9 Å². The molecule has 8 heteroatoms.